The molecule has 0 radical (unpaired) electrons. The maximum absolute atomic E-state index is 14.1. The number of aliphatic imine (C=N–C) groups is 1. The van der Waals surface area contributed by atoms with Crippen molar-refractivity contribution in [2.45, 2.75) is 19.6 Å². The van der Waals surface area contributed by atoms with E-state index in [0.717, 1.165) is 32.0 Å². The first kappa shape index (κ1) is 38.2. The van der Waals surface area contributed by atoms with E-state index in [-0.39, 0.29) is 29.0 Å². The zero-order valence-electron chi connectivity index (χ0n) is 28.0. The molecule has 0 saturated carbocycles. The molecule has 4 aromatic carbocycles. The molecule has 0 unspecified atom stereocenters. The monoisotopic (exact) mass is 882 g/mol. The number of rotatable bonds is 12. The van der Waals surface area contributed by atoms with Gasteiger partial charge in [-0.15, -0.1) is 0 Å². The lowest BCUT2D eigenvalue weighted by Gasteiger charge is -2.28. The molecular weight excluding hydrogens is 851 g/mol. The molecule has 0 atom stereocenters. The maximum Gasteiger partial charge on any atom is 0.285 e. The quantitative estimate of drug-likeness (QED) is 0.0659. The molecule has 260 valence electrons. The predicted molar refractivity (Wildman–Crippen MR) is 218 cm³/mol. The SMILES string of the molecule is C=C/C=C\C(=C/C)N1C(=O)/C(=C/c2cc(Br)c(OCc3ccccc3C#N)c(I)c2)C(=O)N=C1SCC(=O)NC(c1ccccc1)c1ccccc1. The number of nitrogens with zero attached hydrogens (tertiary/aromatic N) is 3. The van der Waals surface area contributed by atoms with Crippen LogP contribution in [0.3, 0.4) is 0 Å². The zero-order valence-corrected chi connectivity index (χ0v) is 32.5. The van der Waals surface area contributed by atoms with Crippen molar-refractivity contribution in [2.75, 3.05) is 5.75 Å². The van der Waals surface area contributed by atoms with Gasteiger partial charge in [0.15, 0.2) is 5.17 Å². The van der Waals surface area contributed by atoms with Crippen LogP contribution >= 0.6 is 50.3 Å². The molecule has 0 bridgehead atoms. The number of hydrogen-bond acceptors (Lipinski definition) is 6. The van der Waals surface area contributed by atoms with E-state index in [0.29, 0.717) is 27.0 Å². The Kier molecular flexibility index (Phi) is 13.6. The fraction of sp³-hybridized carbons (Fsp3) is 0.0976. The number of carbonyl (C=O) groups excluding carboxylic acids is 3. The first-order chi connectivity index (χ1) is 25.2. The van der Waals surface area contributed by atoms with Gasteiger partial charge in [-0.1, -0.05) is 115 Å². The molecular formula is C41H32BrIN4O4S. The molecule has 5 rings (SSSR count). The molecule has 0 saturated heterocycles. The van der Waals surface area contributed by atoms with Gasteiger partial charge >= 0.3 is 0 Å². The normalized spacial score (nSPS) is 14.1. The molecule has 8 nitrogen and oxygen atoms in total. The number of benzene rings is 4. The smallest absolute Gasteiger partial charge is 0.285 e. The summed E-state index contributed by atoms with van der Waals surface area (Å²) in [6.45, 7) is 5.68. The molecule has 4 aromatic rings. The summed E-state index contributed by atoms with van der Waals surface area (Å²) in [7, 11) is 0. The van der Waals surface area contributed by atoms with Crippen LogP contribution in [0.25, 0.3) is 6.08 Å². The van der Waals surface area contributed by atoms with Crippen LogP contribution in [0, 0.1) is 14.9 Å². The Morgan fingerprint density at radius 3 is 2.33 bits per heavy atom. The number of carbonyl (C=O) groups is 3. The third-order valence-corrected chi connectivity index (χ3v) is 10.1. The largest absolute Gasteiger partial charge is 0.487 e. The van der Waals surface area contributed by atoms with Crippen molar-refractivity contribution in [3.8, 4) is 11.8 Å². The number of nitrogens with one attached hydrogen (secondary N) is 1. The summed E-state index contributed by atoms with van der Waals surface area (Å²) in [4.78, 5) is 46.7. The molecule has 1 N–H and O–H groups in total. The van der Waals surface area contributed by atoms with Gasteiger partial charge in [-0.3, -0.25) is 19.3 Å². The van der Waals surface area contributed by atoms with Crippen LogP contribution in [0.5, 0.6) is 5.75 Å². The molecule has 0 fully saturated rings. The second kappa shape index (κ2) is 18.5. The van der Waals surface area contributed by atoms with E-state index in [9.17, 15) is 19.6 Å². The average Bonchev–Trinajstić information content (AvgIpc) is 3.16. The molecule has 11 heteroatoms. The van der Waals surface area contributed by atoms with Gasteiger partial charge < -0.3 is 10.1 Å². The molecule has 0 spiro atoms. The first-order valence-corrected chi connectivity index (χ1v) is 18.9. The molecule has 1 aliphatic rings. The lowest BCUT2D eigenvalue weighted by atomic mass is 9.99. The number of ether oxygens (including phenoxy) is 1. The van der Waals surface area contributed by atoms with E-state index in [1.165, 1.54) is 11.0 Å². The Balaban J connectivity index is 1.40. The summed E-state index contributed by atoms with van der Waals surface area (Å²) < 4.78 is 7.39. The summed E-state index contributed by atoms with van der Waals surface area (Å²) in [5.41, 5.74) is 3.99. The van der Waals surface area contributed by atoms with Crippen LogP contribution < -0.4 is 10.1 Å². The topological polar surface area (TPSA) is 112 Å². The van der Waals surface area contributed by atoms with Gasteiger partial charge in [0.25, 0.3) is 11.8 Å². The second-order valence-electron chi connectivity index (χ2n) is 11.2. The number of allylic oxidation sites excluding steroid dienone is 4. The second-order valence-corrected chi connectivity index (χ2v) is 14.1. The van der Waals surface area contributed by atoms with Gasteiger partial charge in [0.05, 0.1) is 31.5 Å². The third-order valence-electron chi connectivity index (χ3n) is 7.75. The Morgan fingerprint density at radius 2 is 1.71 bits per heavy atom. The number of thioether (sulfide) groups is 1. The number of amidine groups is 1. The summed E-state index contributed by atoms with van der Waals surface area (Å²) in [6.07, 6.45) is 8.15. The lowest BCUT2D eigenvalue weighted by Crippen LogP contribution is -2.42. The first-order valence-electron chi connectivity index (χ1n) is 16.0. The van der Waals surface area contributed by atoms with Gasteiger partial charge in [0.1, 0.15) is 17.9 Å². The van der Waals surface area contributed by atoms with Crippen molar-refractivity contribution in [3.05, 3.63) is 175 Å². The van der Waals surface area contributed by atoms with Crippen LogP contribution in [0.1, 0.15) is 40.8 Å². The van der Waals surface area contributed by atoms with Crippen molar-refractivity contribution in [1.29, 1.82) is 5.26 Å². The Morgan fingerprint density at radius 1 is 1.06 bits per heavy atom. The molecule has 1 heterocycles. The van der Waals surface area contributed by atoms with Crippen molar-refractivity contribution >= 4 is 79.2 Å². The Labute approximate surface area is 328 Å². The minimum absolute atomic E-state index is 0.0808. The molecule has 52 heavy (non-hydrogen) atoms. The summed E-state index contributed by atoms with van der Waals surface area (Å²) in [6, 6.07) is 31.8. The van der Waals surface area contributed by atoms with Gasteiger partial charge in [-0.05, 0) is 92.5 Å². The van der Waals surface area contributed by atoms with Crippen molar-refractivity contribution in [3.63, 3.8) is 0 Å². The van der Waals surface area contributed by atoms with Crippen LogP contribution in [-0.4, -0.2) is 33.5 Å². The number of halogens is 2. The van der Waals surface area contributed by atoms with Crippen molar-refractivity contribution in [2.24, 2.45) is 4.99 Å². The van der Waals surface area contributed by atoms with E-state index in [1.807, 2.05) is 72.8 Å². The minimum Gasteiger partial charge on any atom is -0.487 e. The fourth-order valence-electron chi connectivity index (χ4n) is 5.27. The van der Waals surface area contributed by atoms with Gasteiger partial charge in [0, 0.05) is 11.3 Å². The highest BCUT2D eigenvalue weighted by Crippen LogP contribution is 2.34. The van der Waals surface area contributed by atoms with Gasteiger partial charge in [-0.25, -0.2) is 0 Å². The molecule has 0 aromatic heterocycles. The maximum atomic E-state index is 14.1. The van der Waals surface area contributed by atoms with E-state index in [1.54, 1.807) is 55.5 Å². The summed E-state index contributed by atoms with van der Waals surface area (Å²) in [5, 5.41) is 12.6. The van der Waals surface area contributed by atoms with Crippen LogP contribution in [0.2, 0.25) is 0 Å². The molecule has 3 amide bonds. The molecule has 0 aliphatic carbocycles. The zero-order chi connectivity index (χ0) is 37.0. The standard InChI is InChI=1S/C41H32BrIN4O4S/c1-3-5-20-32(4-2)47-40(50)33(21-27-22-34(42)38(35(43)23-27)51-25-31-19-13-12-18-30(31)24-44)39(49)46-41(47)52-26-36(48)45-37(28-14-8-6-9-15-28)29-16-10-7-11-17-29/h3-23,37H,1,25-26H2,2H3,(H,45,48)/b20-5-,32-4+,33-21+. The van der Waals surface area contributed by atoms with Crippen molar-refractivity contribution < 1.29 is 19.1 Å². The van der Waals surface area contributed by atoms with Crippen LogP contribution in [0.15, 0.2) is 149 Å². The van der Waals surface area contributed by atoms with E-state index in [2.05, 4.69) is 61.5 Å². The van der Waals surface area contributed by atoms with Crippen molar-refractivity contribution in [1.82, 2.24) is 10.2 Å². The minimum atomic E-state index is -0.724. The van der Waals surface area contributed by atoms with Crippen LogP contribution in [-0.2, 0) is 21.0 Å². The number of nitriles is 1. The molecule has 1 aliphatic heterocycles. The number of hydrogen-bond donors (Lipinski definition) is 1. The highest BCUT2D eigenvalue weighted by atomic mass is 127. The van der Waals surface area contributed by atoms with Gasteiger partial charge in [-0.2, -0.15) is 10.3 Å². The van der Waals surface area contributed by atoms with E-state index < -0.39 is 17.9 Å². The lowest BCUT2D eigenvalue weighted by molar-refractivity contribution is -0.126. The Bertz CT molecular complexity index is 2100. The van der Waals surface area contributed by atoms with E-state index in [4.69, 9.17) is 4.74 Å². The fourth-order valence-corrected chi connectivity index (χ4v) is 7.84. The predicted octanol–water partition coefficient (Wildman–Crippen LogP) is 8.90. The highest BCUT2D eigenvalue weighted by Gasteiger charge is 2.35. The van der Waals surface area contributed by atoms with Gasteiger partial charge in [0.2, 0.25) is 5.91 Å². The van der Waals surface area contributed by atoms with Crippen LogP contribution in [0.4, 0.5) is 0 Å². The Hall–Kier alpha value is -5.03. The summed E-state index contributed by atoms with van der Waals surface area (Å²) in [5.74, 6) is -1.15. The summed E-state index contributed by atoms with van der Waals surface area (Å²) >= 11 is 6.69. The number of amides is 3. The van der Waals surface area contributed by atoms with E-state index >= 15 is 0 Å². The average molecular weight is 884 g/mol. The highest BCUT2D eigenvalue weighted by molar-refractivity contribution is 14.1. The third kappa shape index (κ3) is 9.44.